The summed E-state index contributed by atoms with van der Waals surface area (Å²) in [6.45, 7) is 0. The van der Waals surface area contributed by atoms with Crippen molar-refractivity contribution in [2.75, 3.05) is 0 Å². The maximum absolute atomic E-state index is 4.37. The molecule has 2 aliphatic rings. The Morgan fingerprint density at radius 1 is 0.615 bits per heavy atom. The van der Waals surface area contributed by atoms with Gasteiger partial charge in [-0.05, 0) is 56.0 Å². The zero-order valence-corrected chi connectivity index (χ0v) is 14.9. The van der Waals surface area contributed by atoms with E-state index in [-0.39, 0.29) is 0 Å². The minimum absolute atomic E-state index is 0.879. The van der Waals surface area contributed by atoms with Crippen LogP contribution < -0.4 is 4.57 Å². The smallest absolute Gasteiger partial charge is 0.161 e. The second kappa shape index (κ2) is 6.49. The fourth-order valence-electron chi connectivity index (χ4n) is 4.29. The molecule has 0 unspecified atom stereocenters. The molecule has 3 heteroatoms. The van der Waals surface area contributed by atoms with Gasteiger partial charge in [0.15, 0.2) is 11.4 Å². The summed E-state index contributed by atoms with van der Waals surface area (Å²) in [5.41, 5.74) is 9.18. The molecular weight excluding hydrogens is 318 g/mol. The minimum atomic E-state index is 0.879. The quantitative estimate of drug-likeness (QED) is 0.454. The highest BCUT2D eigenvalue weighted by Gasteiger charge is 2.31. The Hall–Kier alpha value is -2.81. The summed E-state index contributed by atoms with van der Waals surface area (Å²) in [5, 5.41) is 8.68. The third-order valence-corrected chi connectivity index (χ3v) is 5.49. The number of azo groups is 1. The van der Waals surface area contributed by atoms with E-state index in [0.717, 1.165) is 11.4 Å². The number of aromatic nitrogens is 1. The van der Waals surface area contributed by atoms with Crippen LogP contribution in [0.3, 0.4) is 0 Å². The van der Waals surface area contributed by atoms with Crippen molar-refractivity contribution in [2.24, 2.45) is 10.2 Å². The van der Waals surface area contributed by atoms with Crippen molar-refractivity contribution < 1.29 is 4.57 Å². The van der Waals surface area contributed by atoms with E-state index < -0.39 is 0 Å². The Balaban J connectivity index is 1.50. The van der Waals surface area contributed by atoms with Crippen LogP contribution in [0.4, 0.5) is 11.4 Å². The molecule has 0 spiro atoms. The molecular formula is C23H22N3+. The van der Waals surface area contributed by atoms with Crippen molar-refractivity contribution in [3.8, 4) is 5.69 Å². The third kappa shape index (κ3) is 2.74. The van der Waals surface area contributed by atoms with Crippen molar-refractivity contribution in [1.29, 1.82) is 0 Å². The maximum atomic E-state index is 4.37. The van der Waals surface area contributed by atoms with Crippen LogP contribution in [0, 0.1) is 0 Å². The summed E-state index contributed by atoms with van der Waals surface area (Å²) < 4.78 is 2.53. The first-order valence-electron chi connectivity index (χ1n) is 9.54. The summed E-state index contributed by atoms with van der Waals surface area (Å²) in [5.74, 6) is 0. The highest BCUT2D eigenvalue weighted by molar-refractivity contribution is 5.44. The van der Waals surface area contributed by atoms with Gasteiger partial charge >= 0.3 is 0 Å². The second-order valence-corrected chi connectivity index (χ2v) is 7.18. The van der Waals surface area contributed by atoms with Gasteiger partial charge in [-0.3, -0.25) is 0 Å². The molecule has 0 atom stereocenters. The zero-order valence-electron chi connectivity index (χ0n) is 14.9. The predicted molar refractivity (Wildman–Crippen MR) is 103 cm³/mol. The van der Waals surface area contributed by atoms with Gasteiger partial charge in [-0.2, -0.15) is 14.8 Å². The molecule has 1 aromatic heterocycles. The first kappa shape index (κ1) is 15.4. The van der Waals surface area contributed by atoms with Gasteiger partial charge < -0.3 is 0 Å². The largest absolute Gasteiger partial charge is 0.211 e. The SMILES string of the molecule is c1ccc(N=Nc2ccc(-[n+]3c4c(cc5c3CCC5)CCC4)cc2)cc1. The highest BCUT2D eigenvalue weighted by atomic mass is 15.1. The zero-order chi connectivity index (χ0) is 17.3. The molecule has 0 aliphatic heterocycles. The van der Waals surface area contributed by atoms with Gasteiger partial charge in [-0.1, -0.05) is 18.2 Å². The van der Waals surface area contributed by atoms with E-state index in [1.807, 2.05) is 30.3 Å². The van der Waals surface area contributed by atoms with Crippen LogP contribution in [0.1, 0.15) is 35.4 Å². The lowest BCUT2D eigenvalue weighted by atomic mass is 10.1. The van der Waals surface area contributed by atoms with Gasteiger partial charge in [0.1, 0.15) is 0 Å². The van der Waals surface area contributed by atoms with Crippen molar-refractivity contribution >= 4 is 11.4 Å². The fraction of sp³-hybridized carbons (Fsp3) is 0.261. The molecule has 3 nitrogen and oxygen atoms in total. The fourth-order valence-corrected chi connectivity index (χ4v) is 4.29. The van der Waals surface area contributed by atoms with Gasteiger partial charge in [0, 0.05) is 36.1 Å². The molecule has 0 saturated carbocycles. The van der Waals surface area contributed by atoms with Gasteiger partial charge in [0.25, 0.3) is 0 Å². The van der Waals surface area contributed by atoms with E-state index in [1.54, 1.807) is 11.1 Å². The summed E-state index contributed by atoms with van der Waals surface area (Å²) in [6, 6.07) is 20.9. The molecule has 0 N–H and O–H groups in total. The average Bonchev–Trinajstić information content (AvgIpc) is 3.34. The molecule has 0 amide bonds. The van der Waals surface area contributed by atoms with Crippen LogP contribution in [-0.2, 0) is 25.7 Å². The number of benzene rings is 2. The Morgan fingerprint density at radius 2 is 1.19 bits per heavy atom. The summed E-state index contributed by atoms with van der Waals surface area (Å²) in [6.07, 6.45) is 7.40. The number of pyridine rings is 1. The summed E-state index contributed by atoms with van der Waals surface area (Å²) >= 11 is 0. The minimum Gasteiger partial charge on any atom is -0.161 e. The Morgan fingerprint density at radius 3 is 1.81 bits per heavy atom. The van der Waals surface area contributed by atoms with Crippen LogP contribution >= 0.6 is 0 Å². The third-order valence-electron chi connectivity index (χ3n) is 5.49. The van der Waals surface area contributed by atoms with E-state index >= 15 is 0 Å². The lowest BCUT2D eigenvalue weighted by Crippen LogP contribution is -2.40. The van der Waals surface area contributed by atoms with Crippen LogP contribution in [0.25, 0.3) is 5.69 Å². The molecule has 3 aromatic rings. The molecule has 0 saturated heterocycles. The maximum Gasteiger partial charge on any atom is 0.211 e. The van der Waals surface area contributed by atoms with Crippen molar-refractivity contribution in [1.82, 2.24) is 0 Å². The van der Waals surface area contributed by atoms with E-state index in [0.29, 0.717) is 0 Å². The van der Waals surface area contributed by atoms with E-state index in [2.05, 4.69) is 45.1 Å². The van der Waals surface area contributed by atoms with Gasteiger partial charge in [0.05, 0.1) is 11.4 Å². The van der Waals surface area contributed by atoms with Crippen molar-refractivity contribution in [3.05, 3.63) is 83.2 Å². The average molecular weight is 340 g/mol. The first-order valence-corrected chi connectivity index (χ1v) is 9.54. The summed E-state index contributed by atoms with van der Waals surface area (Å²) in [7, 11) is 0. The van der Waals surface area contributed by atoms with Gasteiger partial charge in [0.2, 0.25) is 5.69 Å². The van der Waals surface area contributed by atoms with E-state index in [9.17, 15) is 0 Å². The molecule has 0 bridgehead atoms. The second-order valence-electron chi connectivity index (χ2n) is 7.18. The monoisotopic (exact) mass is 340 g/mol. The molecule has 26 heavy (non-hydrogen) atoms. The number of hydrogen-bond acceptors (Lipinski definition) is 2. The Labute approximate surface area is 154 Å². The number of rotatable bonds is 3. The topological polar surface area (TPSA) is 28.6 Å². The number of hydrogen-bond donors (Lipinski definition) is 0. The first-order chi connectivity index (χ1) is 12.9. The number of fused-ring (bicyclic) bond motifs is 2. The van der Waals surface area contributed by atoms with E-state index in [4.69, 9.17) is 0 Å². The number of aryl methyl sites for hydroxylation is 2. The van der Waals surface area contributed by atoms with Gasteiger partial charge in [-0.15, -0.1) is 0 Å². The van der Waals surface area contributed by atoms with Gasteiger partial charge in [-0.25, -0.2) is 0 Å². The molecule has 2 aromatic carbocycles. The molecule has 2 aliphatic carbocycles. The molecule has 1 heterocycles. The molecule has 128 valence electrons. The lowest BCUT2D eigenvalue weighted by molar-refractivity contribution is -0.612. The van der Waals surface area contributed by atoms with Crippen LogP contribution in [0.2, 0.25) is 0 Å². The standard InChI is InChI=1S/C23H22N3/c1-2-8-19(9-3-1)24-25-20-12-14-21(15-13-20)26-22-10-4-6-17(22)16-18-7-5-11-23(18)26/h1-3,8-9,12-16H,4-7,10-11H2/q+1. The Kier molecular flexibility index (Phi) is 3.85. The highest BCUT2D eigenvalue weighted by Crippen LogP contribution is 2.28. The molecule has 5 rings (SSSR count). The van der Waals surface area contributed by atoms with Crippen LogP contribution in [-0.4, -0.2) is 0 Å². The molecule has 0 radical (unpaired) electrons. The lowest BCUT2D eigenvalue weighted by Gasteiger charge is -2.08. The van der Waals surface area contributed by atoms with E-state index in [1.165, 1.54) is 55.6 Å². The van der Waals surface area contributed by atoms with Crippen molar-refractivity contribution in [2.45, 2.75) is 38.5 Å². The Bertz CT molecular complexity index is 940. The van der Waals surface area contributed by atoms with Crippen LogP contribution in [0.15, 0.2) is 70.9 Å². The van der Waals surface area contributed by atoms with Crippen LogP contribution in [0.5, 0.6) is 0 Å². The van der Waals surface area contributed by atoms with Crippen molar-refractivity contribution in [3.63, 3.8) is 0 Å². The number of nitrogens with zero attached hydrogens (tertiary/aromatic N) is 3. The predicted octanol–water partition coefficient (Wildman–Crippen LogP) is 5.36. The summed E-state index contributed by atoms with van der Waals surface area (Å²) in [4.78, 5) is 0. The molecule has 0 fully saturated rings. The normalized spacial score (nSPS) is 15.4.